The quantitative estimate of drug-likeness (QED) is 0.690. The molecule has 0 fully saturated rings. The normalized spacial score (nSPS) is 16.4. The van der Waals surface area contributed by atoms with E-state index in [0.717, 1.165) is 16.6 Å². The van der Waals surface area contributed by atoms with Crippen LogP contribution in [-0.4, -0.2) is 44.3 Å². The molecule has 2 amide bonds. The molecule has 146 valence electrons. The zero-order chi connectivity index (χ0) is 19.7. The second-order valence-electron chi connectivity index (χ2n) is 7.12. The molecule has 4 heterocycles. The van der Waals surface area contributed by atoms with Crippen LogP contribution in [0.15, 0.2) is 30.6 Å². The molecular weight excluding hydrogens is 374 g/mol. The molecule has 0 saturated heterocycles. The second kappa shape index (κ2) is 7.71. The van der Waals surface area contributed by atoms with Crippen LogP contribution in [0.4, 0.5) is 5.95 Å². The molecule has 7 nitrogen and oxygen atoms in total. The van der Waals surface area contributed by atoms with Crippen molar-refractivity contribution in [3.05, 3.63) is 41.2 Å². The van der Waals surface area contributed by atoms with Crippen molar-refractivity contribution in [1.82, 2.24) is 19.4 Å². The number of aryl methyl sites for hydroxylation is 1. The van der Waals surface area contributed by atoms with E-state index < -0.39 is 0 Å². The number of carbonyl (C=O) groups is 2. The number of hydrogen-bond acceptors (Lipinski definition) is 5. The van der Waals surface area contributed by atoms with Crippen molar-refractivity contribution in [1.29, 1.82) is 0 Å². The number of amides is 2. The smallest absolute Gasteiger partial charge is 0.271 e. The van der Waals surface area contributed by atoms with Crippen LogP contribution in [0.2, 0.25) is 0 Å². The highest BCUT2D eigenvalue weighted by Gasteiger charge is 2.32. The average Bonchev–Trinajstić information content (AvgIpc) is 3.22. The lowest BCUT2D eigenvalue weighted by Gasteiger charge is -2.32. The molecule has 1 atom stereocenters. The summed E-state index contributed by atoms with van der Waals surface area (Å²) in [6, 6.07) is 5.98. The zero-order valence-corrected chi connectivity index (χ0v) is 16.8. The van der Waals surface area contributed by atoms with Gasteiger partial charge in [0.15, 0.2) is 0 Å². The fourth-order valence-corrected chi connectivity index (χ4v) is 4.79. The average molecular weight is 398 g/mol. The Morgan fingerprint density at radius 1 is 1.32 bits per heavy atom. The van der Waals surface area contributed by atoms with Gasteiger partial charge in [-0.05, 0) is 38.0 Å². The lowest BCUT2D eigenvalue weighted by Crippen LogP contribution is -2.45. The van der Waals surface area contributed by atoms with E-state index in [4.69, 9.17) is 0 Å². The van der Waals surface area contributed by atoms with Crippen molar-refractivity contribution in [3.63, 3.8) is 0 Å². The van der Waals surface area contributed by atoms with Crippen LogP contribution in [0, 0.1) is 0 Å². The Kier molecular flexibility index (Phi) is 5.13. The summed E-state index contributed by atoms with van der Waals surface area (Å²) >= 11 is 1.76. The van der Waals surface area contributed by atoms with Gasteiger partial charge in [0.1, 0.15) is 12.2 Å². The van der Waals surface area contributed by atoms with Gasteiger partial charge >= 0.3 is 0 Å². The summed E-state index contributed by atoms with van der Waals surface area (Å²) in [6.45, 7) is 4.77. The minimum absolute atomic E-state index is 0.0119. The monoisotopic (exact) mass is 397 g/mol. The fourth-order valence-electron chi connectivity index (χ4n) is 3.66. The molecule has 3 aromatic rings. The highest BCUT2D eigenvalue weighted by Crippen LogP contribution is 2.35. The number of hydrogen-bond donors (Lipinski definition) is 1. The number of unbranched alkanes of at least 4 members (excludes halogenated alkanes) is 1. The molecule has 0 bridgehead atoms. The van der Waals surface area contributed by atoms with Crippen molar-refractivity contribution in [2.24, 2.45) is 0 Å². The van der Waals surface area contributed by atoms with Crippen LogP contribution in [0.5, 0.6) is 0 Å². The van der Waals surface area contributed by atoms with Crippen molar-refractivity contribution in [2.45, 2.75) is 39.2 Å². The first-order valence-corrected chi connectivity index (χ1v) is 10.4. The SMILES string of the molecule is CCCCc1cc2c(cc3n2[C@H](C)CN(CC(=O)Nc2ncccn2)C3=O)s1. The van der Waals surface area contributed by atoms with Gasteiger partial charge in [0.2, 0.25) is 11.9 Å². The third kappa shape index (κ3) is 3.52. The number of fused-ring (bicyclic) bond motifs is 3. The lowest BCUT2D eigenvalue weighted by molar-refractivity contribution is -0.117. The third-order valence-electron chi connectivity index (χ3n) is 4.94. The molecule has 0 aromatic carbocycles. The Bertz CT molecular complexity index is 1010. The Balaban J connectivity index is 1.52. The summed E-state index contributed by atoms with van der Waals surface area (Å²) in [4.78, 5) is 36.2. The van der Waals surface area contributed by atoms with E-state index in [2.05, 4.69) is 39.8 Å². The molecule has 1 N–H and O–H groups in total. The van der Waals surface area contributed by atoms with E-state index >= 15 is 0 Å². The van der Waals surface area contributed by atoms with E-state index in [-0.39, 0.29) is 30.3 Å². The van der Waals surface area contributed by atoms with Crippen LogP contribution in [0.3, 0.4) is 0 Å². The summed E-state index contributed by atoms with van der Waals surface area (Å²) in [5.41, 5.74) is 1.79. The standard InChI is InChI=1S/C20H23N5O2S/c1-3-4-6-14-9-15-17(28-14)10-16-19(27)24(11-13(2)25(15)16)12-18(26)23-20-21-7-5-8-22-20/h5,7-10,13H,3-4,6,11-12H2,1-2H3,(H,21,22,23,26)/t13-/m1/s1. The Hall–Kier alpha value is -2.74. The van der Waals surface area contributed by atoms with Crippen molar-refractivity contribution < 1.29 is 9.59 Å². The van der Waals surface area contributed by atoms with Crippen LogP contribution in [0.25, 0.3) is 10.2 Å². The van der Waals surface area contributed by atoms with Crippen molar-refractivity contribution in [3.8, 4) is 0 Å². The predicted octanol–water partition coefficient (Wildman–Crippen LogP) is 3.49. The van der Waals surface area contributed by atoms with Gasteiger partial charge < -0.3 is 9.47 Å². The van der Waals surface area contributed by atoms with Gasteiger partial charge in [0.05, 0.1) is 10.2 Å². The van der Waals surface area contributed by atoms with Crippen LogP contribution in [0.1, 0.15) is 48.1 Å². The second-order valence-corrected chi connectivity index (χ2v) is 8.29. The predicted molar refractivity (Wildman–Crippen MR) is 110 cm³/mol. The zero-order valence-electron chi connectivity index (χ0n) is 16.0. The van der Waals surface area contributed by atoms with Gasteiger partial charge in [0, 0.05) is 29.9 Å². The molecule has 1 aliphatic heterocycles. The van der Waals surface area contributed by atoms with E-state index in [1.165, 1.54) is 17.7 Å². The largest absolute Gasteiger partial charge is 0.331 e. The van der Waals surface area contributed by atoms with Gasteiger partial charge in [-0.3, -0.25) is 14.9 Å². The Morgan fingerprint density at radius 3 is 2.86 bits per heavy atom. The molecule has 8 heteroatoms. The fraction of sp³-hybridized carbons (Fsp3) is 0.400. The van der Waals surface area contributed by atoms with Gasteiger partial charge in [-0.25, -0.2) is 9.97 Å². The summed E-state index contributed by atoms with van der Waals surface area (Å²) < 4.78 is 3.27. The lowest BCUT2D eigenvalue weighted by atomic mass is 10.2. The first kappa shape index (κ1) is 18.6. The summed E-state index contributed by atoms with van der Waals surface area (Å²) in [5, 5.41) is 2.64. The molecule has 1 aliphatic rings. The maximum atomic E-state index is 13.0. The van der Waals surface area contributed by atoms with E-state index in [0.29, 0.717) is 12.2 Å². The maximum Gasteiger partial charge on any atom is 0.271 e. The minimum atomic E-state index is -0.296. The number of anilines is 1. The summed E-state index contributed by atoms with van der Waals surface area (Å²) in [7, 11) is 0. The summed E-state index contributed by atoms with van der Waals surface area (Å²) in [6.07, 6.45) is 6.56. The Labute approximate surface area is 167 Å². The molecule has 0 unspecified atom stereocenters. The number of carbonyl (C=O) groups excluding carboxylic acids is 2. The van der Waals surface area contributed by atoms with Gasteiger partial charge in [-0.1, -0.05) is 13.3 Å². The molecule has 3 aromatic heterocycles. The van der Waals surface area contributed by atoms with E-state index in [9.17, 15) is 9.59 Å². The molecule has 28 heavy (non-hydrogen) atoms. The van der Waals surface area contributed by atoms with Gasteiger partial charge in [-0.15, -0.1) is 11.3 Å². The van der Waals surface area contributed by atoms with Gasteiger partial charge in [-0.2, -0.15) is 0 Å². The molecule has 0 spiro atoms. The molecule has 0 radical (unpaired) electrons. The third-order valence-corrected chi connectivity index (χ3v) is 6.07. The molecule has 0 aliphatic carbocycles. The summed E-state index contributed by atoms with van der Waals surface area (Å²) in [5.74, 6) is -0.162. The number of rotatable bonds is 6. The van der Waals surface area contributed by atoms with Gasteiger partial charge in [0.25, 0.3) is 5.91 Å². The van der Waals surface area contributed by atoms with E-state index in [1.807, 2.05) is 6.07 Å². The highest BCUT2D eigenvalue weighted by molar-refractivity contribution is 7.19. The number of nitrogens with one attached hydrogen (secondary N) is 1. The molecular formula is C20H23N5O2S. The van der Waals surface area contributed by atoms with Crippen LogP contribution >= 0.6 is 11.3 Å². The van der Waals surface area contributed by atoms with E-state index in [1.54, 1.807) is 34.7 Å². The topological polar surface area (TPSA) is 80.1 Å². The first-order valence-electron chi connectivity index (χ1n) is 9.56. The van der Waals surface area contributed by atoms with Crippen molar-refractivity contribution in [2.75, 3.05) is 18.4 Å². The molecule has 4 rings (SSSR count). The van der Waals surface area contributed by atoms with Crippen LogP contribution in [-0.2, 0) is 11.2 Å². The Morgan fingerprint density at radius 2 is 2.11 bits per heavy atom. The number of aromatic nitrogens is 3. The maximum absolute atomic E-state index is 13.0. The molecule has 0 saturated carbocycles. The number of nitrogens with zero attached hydrogens (tertiary/aromatic N) is 4. The van der Waals surface area contributed by atoms with Crippen molar-refractivity contribution >= 4 is 39.3 Å². The highest BCUT2D eigenvalue weighted by atomic mass is 32.1. The first-order chi connectivity index (χ1) is 13.6. The number of thiophene rings is 1. The minimum Gasteiger partial charge on any atom is -0.331 e. The van der Waals surface area contributed by atoms with Crippen LogP contribution < -0.4 is 5.32 Å².